The molecule has 0 unspecified atom stereocenters. The average molecular weight is 313 g/mol. The number of benzene rings is 1. The monoisotopic (exact) mass is 312 g/mol. The van der Waals surface area contributed by atoms with E-state index < -0.39 is 16.7 Å². The number of nitro groups is 1. The minimum absolute atomic E-state index is 0.0357. The first-order chi connectivity index (χ1) is 9.99. The summed E-state index contributed by atoms with van der Waals surface area (Å²) in [5.74, 6) is -1.48. The fourth-order valence-electron chi connectivity index (χ4n) is 1.93. The Labute approximate surface area is 125 Å². The van der Waals surface area contributed by atoms with Crippen molar-refractivity contribution in [3.63, 3.8) is 0 Å². The van der Waals surface area contributed by atoms with Gasteiger partial charge >= 0.3 is 11.8 Å². The zero-order chi connectivity index (χ0) is 15.4. The fraction of sp³-hybridized carbons (Fsp3) is 0.333. The summed E-state index contributed by atoms with van der Waals surface area (Å²) in [6, 6.07) is 3.81. The molecular formula is C12H13ClN4O4. The molecular weight excluding hydrogens is 300 g/mol. The van der Waals surface area contributed by atoms with E-state index in [-0.39, 0.29) is 16.4 Å². The molecule has 2 amide bonds. The minimum Gasteiger partial charge on any atom is -0.332 e. The quantitative estimate of drug-likeness (QED) is 0.473. The van der Waals surface area contributed by atoms with Crippen molar-refractivity contribution in [2.24, 2.45) is 0 Å². The van der Waals surface area contributed by atoms with Gasteiger partial charge in [-0.05, 0) is 12.1 Å². The second kappa shape index (κ2) is 6.51. The zero-order valence-corrected chi connectivity index (χ0v) is 11.7. The molecule has 1 aromatic rings. The Kier molecular flexibility index (Phi) is 4.71. The van der Waals surface area contributed by atoms with Gasteiger partial charge in [-0.1, -0.05) is 11.6 Å². The van der Waals surface area contributed by atoms with Crippen molar-refractivity contribution in [1.82, 2.24) is 10.2 Å². The average Bonchev–Trinajstić information content (AvgIpc) is 2.49. The lowest BCUT2D eigenvalue weighted by Crippen LogP contribution is -2.49. The van der Waals surface area contributed by atoms with E-state index in [1.54, 1.807) is 0 Å². The highest BCUT2D eigenvalue weighted by atomic mass is 35.5. The van der Waals surface area contributed by atoms with Crippen LogP contribution in [0.3, 0.4) is 0 Å². The molecule has 0 saturated carbocycles. The Morgan fingerprint density at radius 3 is 2.62 bits per heavy atom. The van der Waals surface area contributed by atoms with Gasteiger partial charge < -0.3 is 15.5 Å². The maximum atomic E-state index is 11.9. The molecule has 0 bridgehead atoms. The highest BCUT2D eigenvalue weighted by molar-refractivity contribution is 6.39. The van der Waals surface area contributed by atoms with E-state index in [0.717, 1.165) is 6.07 Å². The molecule has 1 saturated heterocycles. The molecule has 1 aliphatic rings. The second-order valence-electron chi connectivity index (χ2n) is 4.42. The molecule has 1 fully saturated rings. The number of nitro benzene ring substituents is 1. The number of nitrogens with zero attached hydrogens (tertiary/aromatic N) is 2. The van der Waals surface area contributed by atoms with Crippen LogP contribution in [0.25, 0.3) is 0 Å². The number of rotatable bonds is 2. The van der Waals surface area contributed by atoms with Crippen LogP contribution < -0.4 is 10.6 Å². The lowest BCUT2D eigenvalue weighted by molar-refractivity contribution is -0.384. The Balaban J connectivity index is 2.07. The second-order valence-corrected chi connectivity index (χ2v) is 4.83. The van der Waals surface area contributed by atoms with E-state index in [4.69, 9.17) is 11.6 Å². The molecule has 0 aliphatic carbocycles. The maximum Gasteiger partial charge on any atom is 0.313 e. The molecule has 1 heterocycles. The van der Waals surface area contributed by atoms with E-state index in [9.17, 15) is 19.7 Å². The van der Waals surface area contributed by atoms with Gasteiger partial charge in [-0.25, -0.2) is 0 Å². The van der Waals surface area contributed by atoms with Gasteiger partial charge in [-0.3, -0.25) is 19.7 Å². The molecule has 0 radical (unpaired) electrons. The highest BCUT2D eigenvalue weighted by Gasteiger charge is 2.24. The van der Waals surface area contributed by atoms with Crippen LogP contribution in [0.1, 0.15) is 0 Å². The molecule has 112 valence electrons. The highest BCUT2D eigenvalue weighted by Crippen LogP contribution is 2.27. The van der Waals surface area contributed by atoms with Crippen LogP contribution in [-0.2, 0) is 9.59 Å². The third-order valence-corrected chi connectivity index (χ3v) is 3.32. The molecule has 9 heteroatoms. The molecule has 21 heavy (non-hydrogen) atoms. The van der Waals surface area contributed by atoms with Crippen molar-refractivity contribution in [2.45, 2.75) is 0 Å². The number of nitrogens with one attached hydrogen (secondary N) is 2. The largest absolute Gasteiger partial charge is 0.332 e. The van der Waals surface area contributed by atoms with E-state index in [0.29, 0.717) is 26.2 Å². The van der Waals surface area contributed by atoms with Crippen molar-refractivity contribution >= 4 is 34.8 Å². The van der Waals surface area contributed by atoms with Crippen LogP contribution >= 0.6 is 11.6 Å². The number of hydrogen-bond acceptors (Lipinski definition) is 5. The Bertz CT molecular complexity index is 587. The van der Waals surface area contributed by atoms with Gasteiger partial charge in [-0.2, -0.15) is 0 Å². The maximum absolute atomic E-state index is 11.9. The van der Waals surface area contributed by atoms with Crippen LogP contribution in [0.2, 0.25) is 5.02 Å². The summed E-state index contributed by atoms with van der Waals surface area (Å²) < 4.78 is 0. The summed E-state index contributed by atoms with van der Waals surface area (Å²) in [6.07, 6.45) is 0. The van der Waals surface area contributed by atoms with Gasteiger partial charge in [0.2, 0.25) is 0 Å². The first-order valence-electron chi connectivity index (χ1n) is 6.24. The standard InChI is InChI=1S/C12H13ClN4O4/c13-9-2-1-8(7-10(9)17(20)21)15-11(18)12(19)16-5-3-14-4-6-16/h1-2,7,14H,3-6H2,(H,15,18). The fourth-order valence-corrected chi connectivity index (χ4v) is 2.11. The van der Waals surface area contributed by atoms with E-state index in [2.05, 4.69) is 10.6 Å². The summed E-state index contributed by atoms with van der Waals surface area (Å²) in [5.41, 5.74) is -0.177. The summed E-state index contributed by atoms with van der Waals surface area (Å²) >= 11 is 5.68. The Hall–Kier alpha value is -2.19. The molecule has 1 aliphatic heterocycles. The number of amides is 2. The zero-order valence-electron chi connectivity index (χ0n) is 11.0. The lowest BCUT2D eigenvalue weighted by atomic mass is 10.2. The van der Waals surface area contributed by atoms with Gasteiger partial charge in [0.1, 0.15) is 5.02 Å². The SMILES string of the molecule is O=C(Nc1ccc(Cl)c([N+](=O)[O-])c1)C(=O)N1CCNCC1. The van der Waals surface area contributed by atoms with Gasteiger partial charge in [-0.15, -0.1) is 0 Å². The van der Waals surface area contributed by atoms with Crippen molar-refractivity contribution in [3.8, 4) is 0 Å². The summed E-state index contributed by atoms with van der Waals surface area (Å²) in [7, 11) is 0. The number of carbonyl (C=O) groups is 2. The van der Waals surface area contributed by atoms with Crippen molar-refractivity contribution < 1.29 is 14.5 Å². The third-order valence-electron chi connectivity index (χ3n) is 3.00. The minimum atomic E-state index is -0.825. The third kappa shape index (κ3) is 3.67. The van der Waals surface area contributed by atoms with Gasteiger partial charge in [0.15, 0.2) is 0 Å². The number of anilines is 1. The van der Waals surface area contributed by atoms with Crippen LogP contribution in [0.5, 0.6) is 0 Å². The normalized spacial score (nSPS) is 14.6. The first kappa shape index (κ1) is 15.2. The molecule has 2 N–H and O–H groups in total. The molecule has 2 rings (SSSR count). The molecule has 1 aromatic carbocycles. The summed E-state index contributed by atoms with van der Waals surface area (Å²) in [6.45, 7) is 2.16. The van der Waals surface area contributed by atoms with Crippen LogP contribution in [0.15, 0.2) is 18.2 Å². The van der Waals surface area contributed by atoms with Gasteiger partial charge in [0.05, 0.1) is 4.92 Å². The topological polar surface area (TPSA) is 105 Å². The molecule has 8 nitrogen and oxygen atoms in total. The number of piperazine rings is 1. The summed E-state index contributed by atoms with van der Waals surface area (Å²) in [4.78, 5) is 35.3. The smallest absolute Gasteiger partial charge is 0.313 e. The van der Waals surface area contributed by atoms with E-state index >= 15 is 0 Å². The number of halogens is 1. The Morgan fingerprint density at radius 2 is 2.00 bits per heavy atom. The van der Waals surface area contributed by atoms with Crippen LogP contribution in [-0.4, -0.2) is 47.8 Å². The van der Waals surface area contributed by atoms with Crippen molar-refractivity contribution in [3.05, 3.63) is 33.3 Å². The predicted molar refractivity (Wildman–Crippen MR) is 76.2 cm³/mol. The predicted octanol–water partition coefficient (Wildman–Crippen LogP) is 0.618. The number of carbonyl (C=O) groups excluding carboxylic acids is 2. The van der Waals surface area contributed by atoms with Crippen molar-refractivity contribution in [1.29, 1.82) is 0 Å². The molecule has 0 spiro atoms. The van der Waals surface area contributed by atoms with E-state index in [1.165, 1.54) is 17.0 Å². The molecule has 0 atom stereocenters. The van der Waals surface area contributed by atoms with Crippen LogP contribution in [0.4, 0.5) is 11.4 Å². The summed E-state index contributed by atoms with van der Waals surface area (Å²) in [5, 5.41) is 16.1. The number of hydrogen-bond donors (Lipinski definition) is 2. The molecule has 0 aromatic heterocycles. The Morgan fingerprint density at radius 1 is 1.33 bits per heavy atom. The van der Waals surface area contributed by atoms with E-state index in [1.807, 2.05) is 0 Å². The van der Waals surface area contributed by atoms with Gasteiger partial charge in [0, 0.05) is 37.9 Å². The van der Waals surface area contributed by atoms with Gasteiger partial charge in [0.25, 0.3) is 5.69 Å². The first-order valence-corrected chi connectivity index (χ1v) is 6.62. The lowest BCUT2D eigenvalue weighted by Gasteiger charge is -2.26. The van der Waals surface area contributed by atoms with Crippen molar-refractivity contribution in [2.75, 3.05) is 31.5 Å². The van der Waals surface area contributed by atoms with Crippen LogP contribution in [0, 0.1) is 10.1 Å².